The Morgan fingerprint density at radius 3 is 2.38 bits per heavy atom. The number of carbonyl (C=O) groups is 1. The highest BCUT2D eigenvalue weighted by atomic mass is 32.2. The van der Waals surface area contributed by atoms with Crippen molar-refractivity contribution in [2.75, 3.05) is 19.0 Å². The Hall–Kier alpha value is -2.74. The summed E-state index contributed by atoms with van der Waals surface area (Å²) in [6, 6.07) is 7.69. The van der Waals surface area contributed by atoms with Crippen LogP contribution in [-0.4, -0.2) is 40.8 Å². The van der Waals surface area contributed by atoms with Crippen LogP contribution in [0.3, 0.4) is 0 Å². The van der Waals surface area contributed by atoms with Crippen LogP contribution in [0, 0.1) is 0 Å². The summed E-state index contributed by atoms with van der Waals surface area (Å²) in [5.74, 6) is 1.72. The lowest BCUT2D eigenvalue weighted by Crippen LogP contribution is -2.19. The summed E-state index contributed by atoms with van der Waals surface area (Å²) >= 11 is 1.33. The molecule has 1 fully saturated rings. The first-order chi connectivity index (χ1) is 12.7. The first-order valence-corrected chi connectivity index (χ1v) is 9.30. The Balaban J connectivity index is 1.94. The van der Waals surface area contributed by atoms with E-state index in [4.69, 9.17) is 9.47 Å². The van der Waals surface area contributed by atoms with Gasteiger partial charge in [-0.3, -0.25) is 4.79 Å². The Kier molecular flexibility index (Phi) is 5.96. The minimum Gasteiger partial charge on any atom is -0.492 e. The molecule has 8 heteroatoms. The molecule has 0 saturated carbocycles. The van der Waals surface area contributed by atoms with Gasteiger partial charge in [0.25, 0.3) is 0 Å². The molecule has 1 aromatic carbocycles. The van der Waals surface area contributed by atoms with E-state index >= 15 is 0 Å². The summed E-state index contributed by atoms with van der Waals surface area (Å²) in [6.45, 7) is 4.94. The van der Waals surface area contributed by atoms with Gasteiger partial charge in [0, 0.05) is 18.0 Å². The molecule has 1 aromatic heterocycles. The number of hydrogen-bond acceptors (Lipinski definition) is 6. The molecule has 1 aliphatic rings. The van der Waals surface area contributed by atoms with E-state index in [0.29, 0.717) is 35.6 Å². The first-order valence-electron chi connectivity index (χ1n) is 8.32. The fourth-order valence-electron chi connectivity index (χ4n) is 2.47. The van der Waals surface area contributed by atoms with Gasteiger partial charge >= 0.3 is 0 Å². The maximum atomic E-state index is 11.2. The van der Waals surface area contributed by atoms with Crippen LogP contribution in [0.2, 0.25) is 0 Å². The third kappa shape index (κ3) is 4.26. The summed E-state index contributed by atoms with van der Waals surface area (Å²) in [6.07, 6.45) is 5.50. The van der Waals surface area contributed by atoms with Crippen molar-refractivity contribution in [3.05, 3.63) is 42.2 Å². The van der Waals surface area contributed by atoms with Gasteiger partial charge in [-0.15, -0.1) is 5.10 Å². The lowest BCUT2D eigenvalue weighted by molar-refractivity contribution is -0.116. The standard InChI is InChI=1S/C18H20N4O3S/c1-3-24-14-9-13(11-19-21-18-20-16(23)12-26-18)10-15(25-4-2)17(14)22-7-5-6-8-22/h5-11H,3-4,12H2,1-2H3,(H,20,21,23). The van der Waals surface area contributed by atoms with Crippen LogP contribution in [0.15, 0.2) is 46.9 Å². The lowest BCUT2D eigenvalue weighted by Gasteiger charge is -2.17. The molecule has 1 saturated heterocycles. The second-order valence-electron chi connectivity index (χ2n) is 5.31. The molecule has 7 nitrogen and oxygen atoms in total. The molecule has 0 aliphatic carbocycles. The number of ether oxygens (including phenoxy) is 2. The number of amidine groups is 1. The third-order valence-corrected chi connectivity index (χ3v) is 4.33. The smallest absolute Gasteiger partial charge is 0.236 e. The zero-order valence-corrected chi connectivity index (χ0v) is 15.5. The van der Waals surface area contributed by atoms with Crippen molar-refractivity contribution in [2.24, 2.45) is 10.2 Å². The van der Waals surface area contributed by atoms with Crippen LogP contribution in [0.5, 0.6) is 11.5 Å². The Bertz CT molecular complexity index is 804. The van der Waals surface area contributed by atoms with E-state index < -0.39 is 0 Å². The number of amides is 1. The summed E-state index contributed by atoms with van der Waals surface area (Å²) < 4.78 is 13.6. The molecule has 2 aromatic rings. The van der Waals surface area contributed by atoms with E-state index in [1.165, 1.54) is 11.8 Å². The minimum absolute atomic E-state index is 0.0581. The van der Waals surface area contributed by atoms with Gasteiger partial charge in [-0.05, 0) is 38.1 Å². The van der Waals surface area contributed by atoms with Gasteiger partial charge in [-0.2, -0.15) is 5.10 Å². The van der Waals surface area contributed by atoms with E-state index in [1.54, 1.807) is 6.21 Å². The molecule has 136 valence electrons. The quantitative estimate of drug-likeness (QED) is 0.599. The van der Waals surface area contributed by atoms with Crippen LogP contribution in [0.1, 0.15) is 19.4 Å². The van der Waals surface area contributed by atoms with Crippen LogP contribution in [0.4, 0.5) is 0 Å². The van der Waals surface area contributed by atoms with Crippen LogP contribution >= 0.6 is 11.8 Å². The minimum atomic E-state index is -0.0581. The average Bonchev–Trinajstić information content (AvgIpc) is 3.27. The maximum Gasteiger partial charge on any atom is 0.236 e. The zero-order chi connectivity index (χ0) is 18.4. The van der Waals surface area contributed by atoms with Gasteiger partial charge in [-0.25, -0.2) is 0 Å². The molecule has 1 N–H and O–H groups in total. The van der Waals surface area contributed by atoms with Gasteiger partial charge in [-0.1, -0.05) is 11.8 Å². The molecule has 0 spiro atoms. The fourth-order valence-corrected chi connectivity index (χ4v) is 3.10. The highest BCUT2D eigenvalue weighted by Crippen LogP contribution is 2.34. The number of aromatic nitrogens is 1. The summed E-state index contributed by atoms with van der Waals surface area (Å²) in [5.41, 5.74) is 1.65. The number of rotatable bonds is 7. The van der Waals surface area contributed by atoms with E-state index in [-0.39, 0.29) is 5.91 Å². The van der Waals surface area contributed by atoms with Crippen LogP contribution in [0.25, 0.3) is 5.69 Å². The molecule has 0 unspecified atom stereocenters. The first kappa shape index (κ1) is 18.1. The van der Waals surface area contributed by atoms with Crippen molar-refractivity contribution in [3.8, 4) is 17.2 Å². The summed E-state index contributed by atoms with van der Waals surface area (Å²) in [7, 11) is 0. The molecule has 0 atom stereocenters. The van der Waals surface area contributed by atoms with E-state index in [1.807, 2.05) is 55.1 Å². The largest absolute Gasteiger partial charge is 0.492 e. The molecule has 3 rings (SSSR count). The van der Waals surface area contributed by atoms with Gasteiger partial charge in [0.05, 0.1) is 25.2 Å². The predicted octanol–water partition coefficient (Wildman–Crippen LogP) is 2.83. The molecule has 0 bridgehead atoms. The molecule has 26 heavy (non-hydrogen) atoms. The van der Waals surface area contributed by atoms with E-state index in [9.17, 15) is 4.79 Å². The van der Waals surface area contributed by atoms with Gasteiger partial charge in [0.15, 0.2) is 5.17 Å². The van der Waals surface area contributed by atoms with Gasteiger partial charge < -0.3 is 19.4 Å². The van der Waals surface area contributed by atoms with Crippen molar-refractivity contribution in [3.63, 3.8) is 0 Å². The summed E-state index contributed by atoms with van der Waals surface area (Å²) in [5, 5.41) is 11.2. The van der Waals surface area contributed by atoms with E-state index in [0.717, 1.165) is 11.3 Å². The normalized spacial score (nSPS) is 15.6. The number of nitrogens with zero attached hydrogens (tertiary/aromatic N) is 3. The predicted molar refractivity (Wildman–Crippen MR) is 104 cm³/mol. The van der Waals surface area contributed by atoms with Crippen molar-refractivity contribution in [1.29, 1.82) is 0 Å². The molecule has 2 heterocycles. The second kappa shape index (κ2) is 8.57. The molecule has 0 radical (unpaired) electrons. The van der Waals surface area contributed by atoms with Gasteiger partial charge in [0.1, 0.15) is 17.2 Å². The van der Waals surface area contributed by atoms with Crippen LogP contribution < -0.4 is 14.8 Å². The van der Waals surface area contributed by atoms with Crippen molar-refractivity contribution in [1.82, 2.24) is 9.88 Å². The topological polar surface area (TPSA) is 77.2 Å². The Morgan fingerprint density at radius 2 is 1.85 bits per heavy atom. The third-order valence-electron chi connectivity index (χ3n) is 3.47. The lowest BCUT2D eigenvalue weighted by atomic mass is 10.1. The van der Waals surface area contributed by atoms with Crippen molar-refractivity contribution < 1.29 is 14.3 Å². The fraction of sp³-hybridized carbons (Fsp3) is 0.278. The Labute approximate surface area is 156 Å². The number of benzene rings is 1. The van der Waals surface area contributed by atoms with Crippen molar-refractivity contribution in [2.45, 2.75) is 13.8 Å². The molecule has 1 amide bonds. The molecule has 1 aliphatic heterocycles. The Morgan fingerprint density at radius 1 is 1.19 bits per heavy atom. The number of carbonyl (C=O) groups excluding carboxylic acids is 1. The van der Waals surface area contributed by atoms with Crippen LogP contribution in [-0.2, 0) is 4.79 Å². The number of hydrogen-bond donors (Lipinski definition) is 1. The second-order valence-corrected chi connectivity index (χ2v) is 6.27. The highest BCUT2D eigenvalue weighted by molar-refractivity contribution is 8.15. The monoisotopic (exact) mass is 372 g/mol. The number of nitrogens with one attached hydrogen (secondary N) is 1. The average molecular weight is 372 g/mol. The molecular weight excluding hydrogens is 352 g/mol. The molecular formula is C18H20N4O3S. The highest BCUT2D eigenvalue weighted by Gasteiger charge is 2.16. The zero-order valence-electron chi connectivity index (χ0n) is 14.6. The SMILES string of the molecule is CCOc1cc(C=NN=C2NC(=O)CS2)cc(OCC)c1-n1cccc1. The number of thioether (sulfide) groups is 1. The van der Waals surface area contributed by atoms with Gasteiger partial charge in [0.2, 0.25) is 5.91 Å². The maximum absolute atomic E-state index is 11.2. The van der Waals surface area contributed by atoms with Crippen molar-refractivity contribution >= 4 is 29.1 Å². The van der Waals surface area contributed by atoms with E-state index in [2.05, 4.69) is 15.5 Å². The summed E-state index contributed by atoms with van der Waals surface area (Å²) in [4.78, 5) is 11.2.